The molecule has 2 saturated heterocycles. The molecule has 49 heavy (non-hydrogen) atoms. The second kappa shape index (κ2) is 16.6. The van der Waals surface area contributed by atoms with Crippen LogP contribution in [0.2, 0.25) is 0 Å². The molecule has 5 atom stereocenters. The predicted molar refractivity (Wildman–Crippen MR) is 178 cm³/mol. The van der Waals surface area contributed by atoms with E-state index < -0.39 is 64.5 Å². The molecule has 0 radical (unpaired) electrons. The molecule has 0 saturated carbocycles. The summed E-state index contributed by atoms with van der Waals surface area (Å²) in [6, 6.07) is 12.7. The lowest BCUT2D eigenvalue weighted by molar-refractivity contribution is -0.117. The molecule has 4 rings (SSSR count). The first-order valence-corrected chi connectivity index (χ1v) is 17.6. The minimum absolute atomic E-state index is 0.0370. The average Bonchev–Trinajstić information content (AvgIpc) is 3.68. The maximum atomic E-state index is 14.3. The fourth-order valence-corrected chi connectivity index (χ4v) is 7.96. The lowest BCUT2D eigenvalue weighted by Gasteiger charge is -2.40. The average molecular weight is 706 g/mol. The van der Waals surface area contributed by atoms with E-state index >= 15 is 0 Å². The van der Waals surface area contributed by atoms with Gasteiger partial charge in [-0.25, -0.2) is 18.0 Å². The number of nitrogens with one attached hydrogen (secondary N) is 2. The van der Waals surface area contributed by atoms with Gasteiger partial charge in [0.15, 0.2) is 6.29 Å². The van der Waals surface area contributed by atoms with Gasteiger partial charge in [-0.2, -0.15) is 4.31 Å². The number of carboxylic acid groups (broad SMARTS) is 1. The van der Waals surface area contributed by atoms with Gasteiger partial charge in [-0.05, 0) is 54.5 Å². The first-order valence-electron chi connectivity index (χ1n) is 16.1. The normalized spacial score (nSPS) is 20.3. The van der Waals surface area contributed by atoms with Crippen molar-refractivity contribution in [3.05, 3.63) is 60.2 Å². The van der Waals surface area contributed by atoms with Crippen LogP contribution in [0, 0.1) is 11.3 Å². The highest BCUT2D eigenvalue weighted by Crippen LogP contribution is 2.36. The van der Waals surface area contributed by atoms with E-state index in [4.69, 9.17) is 19.9 Å². The molecule has 270 valence electrons. The Morgan fingerprint density at radius 3 is 2.41 bits per heavy atom. The van der Waals surface area contributed by atoms with Crippen LogP contribution in [0.5, 0.6) is 5.75 Å². The van der Waals surface area contributed by atoms with E-state index in [1.54, 1.807) is 0 Å². The van der Waals surface area contributed by atoms with Gasteiger partial charge in [-0.3, -0.25) is 9.69 Å². The molecule has 2 aromatic carbocycles. The third-order valence-corrected chi connectivity index (χ3v) is 10.7. The zero-order valence-corrected chi connectivity index (χ0v) is 28.8. The maximum absolute atomic E-state index is 14.3. The number of nitrogens with two attached hydrogens (primary N) is 1. The standard InChI is InChI=1S/C33H47N5O10S/c1-33(2,14-15-35-31(41)36-18-29(34)40)21-37(49(44,45)24-11-9-23(46-3)10-12-24)19-28(39)26(17-22-7-5-4-6-8-22)38(32(42)43)27-20-48-30-25(27)13-16-47-30/h4-12,25-28,30,39H,13-21H2,1-3H3,(H2,34,40)(H,42,43)(H2,35,36,41)/t25-,26-,27-,28+,30+/m0/s1. The number of fused-ring (bicyclic) bond motifs is 1. The monoisotopic (exact) mass is 705 g/mol. The number of sulfonamides is 1. The minimum Gasteiger partial charge on any atom is -0.497 e. The number of rotatable bonds is 17. The van der Waals surface area contributed by atoms with E-state index in [1.807, 2.05) is 44.2 Å². The number of primary amides is 1. The van der Waals surface area contributed by atoms with E-state index in [2.05, 4.69) is 10.6 Å². The van der Waals surface area contributed by atoms with Crippen LogP contribution >= 0.6 is 0 Å². The lowest BCUT2D eigenvalue weighted by atomic mass is 9.89. The molecule has 15 nitrogen and oxygen atoms in total. The summed E-state index contributed by atoms with van der Waals surface area (Å²) in [6.45, 7) is 3.45. The minimum atomic E-state index is -4.24. The molecule has 0 unspecified atom stereocenters. The molecular formula is C33H47N5O10S. The van der Waals surface area contributed by atoms with Crippen LogP contribution in [0.25, 0.3) is 0 Å². The largest absolute Gasteiger partial charge is 0.497 e. The van der Waals surface area contributed by atoms with Crippen molar-refractivity contribution >= 4 is 28.1 Å². The Kier molecular flexibility index (Phi) is 12.8. The summed E-state index contributed by atoms with van der Waals surface area (Å²) in [5.41, 5.74) is 5.10. The quantitative estimate of drug-likeness (QED) is 0.161. The number of nitrogens with zero attached hydrogens (tertiary/aromatic N) is 2. The highest BCUT2D eigenvalue weighted by Gasteiger charge is 2.49. The third-order valence-electron chi connectivity index (χ3n) is 8.88. The number of hydrogen-bond acceptors (Lipinski definition) is 9. The Labute approximate surface area is 286 Å². The van der Waals surface area contributed by atoms with Crippen molar-refractivity contribution in [1.82, 2.24) is 19.8 Å². The fourth-order valence-electron chi connectivity index (χ4n) is 6.31. The molecular weight excluding hydrogens is 658 g/mol. The van der Waals surface area contributed by atoms with Crippen LogP contribution in [0.4, 0.5) is 9.59 Å². The topological polar surface area (TPSA) is 210 Å². The van der Waals surface area contributed by atoms with Crippen LogP contribution in [-0.4, -0.2) is 117 Å². The van der Waals surface area contributed by atoms with Crippen LogP contribution in [0.15, 0.2) is 59.5 Å². The number of urea groups is 1. The molecule has 2 aromatic rings. The molecule has 0 bridgehead atoms. The summed E-state index contributed by atoms with van der Waals surface area (Å²) in [7, 11) is -2.78. The molecule has 2 fully saturated rings. The van der Waals surface area contributed by atoms with Gasteiger partial charge < -0.3 is 40.8 Å². The lowest BCUT2D eigenvalue weighted by Crippen LogP contribution is -2.58. The van der Waals surface area contributed by atoms with Gasteiger partial charge in [0.2, 0.25) is 15.9 Å². The number of methoxy groups -OCH3 is 1. The number of carbonyl (C=O) groups is 3. The Bertz CT molecular complexity index is 1530. The first kappa shape index (κ1) is 37.9. The van der Waals surface area contributed by atoms with Crippen molar-refractivity contribution in [1.29, 1.82) is 0 Å². The molecule has 16 heteroatoms. The summed E-state index contributed by atoms with van der Waals surface area (Å²) in [5.74, 6) is -0.468. The van der Waals surface area contributed by atoms with Gasteiger partial charge in [0.25, 0.3) is 0 Å². The summed E-state index contributed by atoms with van der Waals surface area (Å²) < 4.78 is 46.3. The van der Waals surface area contributed by atoms with Gasteiger partial charge in [-0.1, -0.05) is 44.2 Å². The Hall–Kier alpha value is -3.96. The van der Waals surface area contributed by atoms with E-state index in [1.165, 1.54) is 36.3 Å². The number of ether oxygens (including phenoxy) is 3. The number of amides is 4. The van der Waals surface area contributed by atoms with Crippen LogP contribution in [0.1, 0.15) is 32.3 Å². The van der Waals surface area contributed by atoms with Gasteiger partial charge >= 0.3 is 12.1 Å². The Morgan fingerprint density at radius 1 is 1.08 bits per heavy atom. The summed E-state index contributed by atoms with van der Waals surface area (Å²) >= 11 is 0. The third kappa shape index (κ3) is 10.0. The van der Waals surface area contributed by atoms with Crippen LogP contribution in [-0.2, 0) is 30.7 Å². The molecule has 2 heterocycles. The number of hydrogen-bond donors (Lipinski definition) is 5. The SMILES string of the molecule is COc1ccc(S(=O)(=O)N(C[C@@H](O)[C@H](Cc2ccccc2)N(C(=O)O)[C@H]2CO[C@H]3OCC[C@H]32)CC(C)(C)CCNC(=O)NCC(N)=O)cc1. The van der Waals surface area contributed by atoms with Gasteiger partial charge in [-0.15, -0.1) is 0 Å². The van der Waals surface area contributed by atoms with E-state index in [0.717, 1.165) is 9.87 Å². The number of benzene rings is 2. The number of aliphatic hydroxyl groups is 1. The van der Waals surface area contributed by atoms with Crippen molar-refractivity contribution in [2.45, 2.75) is 62.5 Å². The number of carbonyl (C=O) groups excluding carboxylic acids is 2. The summed E-state index contributed by atoms with van der Waals surface area (Å²) in [6.07, 6.45) is -2.23. The zero-order valence-electron chi connectivity index (χ0n) is 28.0. The number of aliphatic hydroxyl groups excluding tert-OH is 1. The van der Waals surface area contributed by atoms with Crippen LogP contribution in [0.3, 0.4) is 0 Å². The van der Waals surface area contributed by atoms with Crippen LogP contribution < -0.4 is 21.1 Å². The molecule has 2 aliphatic heterocycles. The highest BCUT2D eigenvalue weighted by molar-refractivity contribution is 7.89. The van der Waals surface area contributed by atoms with Gasteiger partial charge in [0.1, 0.15) is 5.75 Å². The summed E-state index contributed by atoms with van der Waals surface area (Å²) in [4.78, 5) is 37.2. The van der Waals surface area contributed by atoms with Crippen molar-refractivity contribution in [3.8, 4) is 5.75 Å². The van der Waals surface area contributed by atoms with Crippen molar-refractivity contribution in [3.63, 3.8) is 0 Å². The predicted octanol–water partition coefficient (Wildman–Crippen LogP) is 1.60. The molecule has 0 aliphatic carbocycles. The van der Waals surface area contributed by atoms with Crippen molar-refractivity contribution in [2.75, 3.05) is 46.5 Å². The zero-order chi connectivity index (χ0) is 35.8. The van der Waals surface area contributed by atoms with Gasteiger partial charge in [0, 0.05) is 25.6 Å². The van der Waals surface area contributed by atoms with Crippen molar-refractivity contribution < 1.29 is 47.2 Å². The highest BCUT2D eigenvalue weighted by atomic mass is 32.2. The van der Waals surface area contributed by atoms with Crippen molar-refractivity contribution in [2.24, 2.45) is 17.1 Å². The molecule has 0 aromatic heterocycles. The second-order valence-corrected chi connectivity index (χ2v) is 15.0. The van der Waals surface area contributed by atoms with E-state index in [0.29, 0.717) is 25.2 Å². The summed E-state index contributed by atoms with van der Waals surface area (Å²) in [5, 5.41) is 27.5. The molecule has 4 amide bonds. The first-order chi connectivity index (χ1) is 23.2. The molecule has 2 aliphatic rings. The Balaban J connectivity index is 1.64. The Morgan fingerprint density at radius 2 is 1.78 bits per heavy atom. The molecule has 0 spiro atoms. The fraction of sp³-hybridized carbons (Fsp3) is 0.545. The maximum Gasteiger partial charge on any atom is 0.407 e. The second-order valence-electron chi connectivity index (χ2n) is 13.1. The van der Waals surface area contributed by atoms with E-state index in [-0.39, 0.29) is 43.5 Å². The molecule has 6 N–H and O–H groups in total. The van der Waals surface area contributed by atoms with Gasteiger partial charge in [0.05, 0.1) is 50.0 Å². The smallest absolute Gasteiger partial charge is 0.407 e. The van der Waals surface area contributed by atoms with E-state index in [9.17, 15) is 33.0 Å².